The van der Waals surface area contributed by atoms with E-state index in [1.165, 1.54) is 6.07 Å². The zero-order valence-electron chi connectivity index (χ0n) is 14.6. The molecule has 1 N–H and O–H groups in total. The van der Waals surface area contributed by atoms with Crippen molar-refractivity contribution in [2.75, 3.05) is 18.5 Å². The Kier molecular flexibility index (Phi) is 5.50. The maximum Gasteiger partial charge on any atom is 0.326 e. The second-order valence-electron chi connectivity index (χ2n) is 6.66. The third-order valence-corrected chi connectivity index (χ3v) is 4.86. The number of anilines is 1. The van der Waals surface area contributed by atoms with Crippen LogP contribution in [0.4, 0.5) is 5.69 Å². The number of esters is 1. The molecule has 3 rings (SSSR count). The van der Waals surface area contributed by atoms with Crippen molar-refractivity contribution < 1.29 is 23.9 Å². The van der Waals surface area contributed by atoms with Gasteiger partial charge in [-0.2, -0.15) is 5.26 Å². The van der Waals surface area contributed by atoms with Gasteiger partial charge in [-0.25, -0.2) is 0 Å². The molecule has 1 aromatic carbocycles. The molecule has 1 aliphatic heterocycles. The molecule has 0 unspecified atom stereocenters. The summed E-state index contributed by atoms with van der Waals surface area (Å²) in [4.78, 5) is 49.4. The average Bonchev–Trinajstić information content (AvgIpc) is 2.92. The summed E-state index contributed by atoms with van der Waals surface area (Å²) in [6.45, 7) is -1.01. The average molecular weight is 369 g/mol. The summed E-state index contributed by atoms with van der Waals surface area (Å²) in [6, 6.07) is 8.25. The summed E-state index contributed by atoms with van der Waals surface area (Å²) in [5.41, 5.74) is 0.793. The molecule has 27 heavy (non-hydrogen) atoms. The second-order valence-corrected chi connectivity index (χ2v) is 6.66. The molecule has 0 radical (unpaired) electrons. The summed E-state index contributed by atoms with van der Waals surface area (Å²) in [5, 5.41) is 11.3. The molecule has 140 valence electrons. The van der Waals surface area contributed by atoms with Crippen molar-refractivity contribution in [3.63, 3.8) is 0 Å². The Hall–Kier alpha value is -3.21. The van der Waals surface area contributed by atoms with Crippen molar-refractivity contribution in [2.24, 2.45) is 11.8 Å². The maximum atomic E-state index is 12.3. The summed E-state index contributed by atoms with van der Waals surface area (Å²) in [6.07, 6.45) is 3.16. The summed E-state index contributed by atoms with van der Waals surface area (Å²) in [5.74, 6) is -2.68. The maximum absolute atomic E-state index is 12.3. The van der Waals surface area contributed by atoms with Crippen molar-refractivity contribution in [1.82, 2.24) is 4.90 Å². The Labute approximate surface area is 156 Å². The van der Waals surface area contributed by atoms with Crippen LogP contribution in [0, 0.1) is 23.2 Å². The SMILES string of the molecule is N#Cc1cccc(NC(=O)COC(=O)CN2C(=O)[C@H]3CCCC[C@@H]3C2=O)c1. The Bertz CT molecular complexity index is 805. The van der Waals surface area contributed by atoms with Gasteiger partial charge in [0, 0.05) is 5.69 Å². The van der Waals surface area contributed by atoms with Crippen LogP contribution in [-0.4, -0.2) is 41.7 Å². The highest BCUT2D eigenvalue weighted by atomic mass is 16.5. The van der Waals surface area contributed by atoms with Gasteiger partial charge in [0.15, 0.2) is 6.61 Å². The quantitative estimate of drug-likeness (QED) is 0.616. The summed E-state index contributed by atoms with van der Waals surface area (Å²) < 4.78 is 4.88. The van der Waals surface area contributed by atoms with Crippen LogP contribution >= 0.6 is 0 Å². The van der Waals surface area contributed by atoms with Gasteiger partial charge in [0.05, 0.1) is 23.5 Å². The van der Waals surface area contributed by atoms with Crippen LogP contribution in [0.3, 0.4) is 0 Å². The molecular weight excluding hydrogens is 350 g/mol. The predicted molar refractivity (Wildman–Crippen MR) is 92.9 cm³/mol. The van der Waals surface area contributed by atoms with E-state index in [0.717, 1.165) is 17.7 Å². The van der Waals surface area contributed by atoms with E-state index < -0.39 is 25.0 Å². The van der Waals surface area contributed by atoms with Gasteiger partial charge in [-0.1, -0.05) is 18.9 Å². The Morgan fingerprint density at radius 2 is 1.85 bits per heavy atom. The lowest BCUT2D eigenvalue weighted by molar-refractivity contribution is -0.154. The molecule has 2 aliphatic rings. The molecule has 1 aliphatic carbocycles. The first-order valence-electron chi connectivity index (χ1n) is 8.80. The highest BCUT2D eigenvalue weighted by Crippen LogP contribution is 2.37. The fraction of sp³-hybridized carbons (Fsp3) is 0.421. The number of hydrogen-bond donors (Lipinski definition) is 1. The third kappa shape index (κ3) is 4.14. The van der Waals surface area contributed by atoms with E-state index in [1.807, 2.05) is 6.07 Å². The number of imide groups is 1. The molecule has 8 nitrogen and oxygen atoms in total. The third-order valence-electron chi connectivity index (χ3n) is 4.86. The zero-order chi connectivity index (χ0) is 19.4. The molecule has 1 saturated carbocycles. The first-order valence-corrected chi connectivity index (χ1v) is 8.80. The molecule has 2 atom stereocenters. The van der Waals surface area contributed by atoms with Crippen LogP contribution in [0.1, 0.15) is 31.2 Å². The van der Waals surface area contributed by atoms with E-state index >= 15 is 0 Å². The van der Waals surface area contributed by atoms with Crippen LogP contribution in [0.15, 0.2) is 24.3 Å². The van der Waals surface area contributed by atoms with Gasteiger partial charge >= 0.3 is 5.97 Å². The standard InChI is InChI=1S/C19H19N3O5/c20-9-12-4-3-5-13(8-12)21-16(23)11-27-17(24)10-22-18(25)14-6-1-2-7-15(14)19(22)26/h3-5,8,14-15H,1-2,6-7,10-11H2,(H,21,23)/t14-,15-/m0/s1. The van der Waals surface area contributed by atoms with E-state index in [9.17, 15) is 19.2 Å². The molecule has 1 heterocycles. The van der Waals surface area contributed by atoms with E-state index in [1.54, 1.807) is 18.2 Å². The molecule has 0 spiro atoms. The Morgan fingerprint density at radius 1 is 1.19 bits per heavy atom. The molecule has 1 saturated heterocycles. The minimum Gasteiger partial charge on any atom is -0.454 e. The van der Waals surface area contributed by atoms with Crippen LogP contribution in [0.2, 0.25) is 0 Å². The number of hydrogen-bond acceptors (Lipinski definition) is 6. The van der Waals surface area contributed by atoms with E-state index in [4.69, 9.17) is 10.00 Å². The number of likely N-dealkylation sites (tertiary alicyclic amines) is 1. The number of nitrogens with zero attached hydrogens (tertiary/aromatic N) is 2. The van der Waals surface area contributed by atoms with Gasteiger partial charge in [0.2, 0.25) is 11.8 Å². The number of nitrogens with one attached hydrogen (secondary N) is 1. The lowest BCUT2D eigenvalue weighted by atomic mass is 9.81. The lowest BCUT2D eigenvalue weighted by Crippen LogP contribution is -2.37. The van der Waals surface area contributed by atoms with Gasteiger partial charge in [0.1, 0.15) is 6.54 Å². The van der Waals surface area contributed by atoms with E-state index in [2.05, 4.69) is 5.32 Å². The normalized spacial score (nSPS) is 21.4. The molecule has 0 bridgehead atoms. The molecule has 0 aromatic heterocycles. The number of carbonyl (C=O) groups excluding carboxylic acids is 4. The van der Waals surface area contributed by atoms with Crippen molar-refractivity contribution in [3.8, 4) is 6.07 Å². The van der Waals surface area contributed by atoms with Crippen LogP contribution in [0.25, 0.3) is 0 Å². The van der Waals surface area contributed by atoms with Gasteiger partial charge < -0.3 is 10.1 Å². The minimum atomic E-state index is -0.809. The van der Waals surface area contributed by atoms with Crippen molar-refractivity contribution >= 4 is 29.4 Å². The first-order chi connectivity index (χ1) is 13.0. The minimum absolute atomic E-state index is 0.320. The van der Waals surface area contributed by atoms with Crippen molar-refractivity contribution in [1.29, 1.82) is 5.26 Å². The number of ether oxygens (including phenoxy) is 1. The second kappa shape index (κ2) is 7.99. The Morgan fingerprint density at radius 3 is 2.48 bits per heavy atom. The smallest absolute Gasteiger partial charge is 0.326 e. The van der Waals surface area contributed by atoms with Crippen LogP contribution < -0.4 is 5.32 Å². The zero-order valence-corrected chi connectivity index (χ0v) is 14.6. The molecule has 2 fully saturated rings. The topological polar surface area (TPSA) is 117 Å². The highest BCUT2D eigenvalue weighted by molar-refractivity contribution is 6.07. The van der Waals surface area contributed by atoms with Gasteiger partial charge in [-0.15, -0.1) is 0 Å². The largest absolute Gasteiger partial charge is 0.454 e. The predicted octanol–water partition coefficient (Wildman–Crippen LogP) is 1.22. The summed E-state index contributed by atoms with van der Waals surface area (Å²) in [7, 11) is 0. The van der Waals surface area contributed by atoms with Gasteiger partial charge in [0.25, 0.3) is 5.91 Å². The number of carbonyl (C=O) groups is 4. The van der Waals surface area contributed by atoms with Crippen LogP contribution in [-0.2, 0) is 23.9 Å². The number of benzene rings is 1. The van der Waals surface area contributed by atoms with Gasteiger partial charge in [-0.3, -0.25) is 24.1 Å². The molecule has 8 heteroatoms. The van der Waals surface area contributed by atoms with E-state index in [-0.39, 0.29) is 23.7 Å². The Balaban J connectivity index is 1.49. The first kappa shape index (κ1) is 18.6. The van der Waals surface area contributed by atoms with Crippen molar-refractivity contribution in [3.05, 3.63) is 29.8 Å². The van der Waals surface area contributed by atoms with E-state index in [0.29, 0.717) is 24.1 Å². The van der Waals surface area contributed by atoms with Crippen molar-refractivity contribution in [2.45, 2.75) is 25.7 Å². The highest BCUT2D eigenvalue weighted by Gasteiger charge is 2.48. The lowest BCUT2D eigenvalue weighted by Gasteiger charge is -2.19. The monoisotopic (exact) mass is 369 g/mol. The van der Waals surface area contributed by atoms with Crippen LogP contribution in [0.5, 0.6) is 0 Å². The number of fused-ring (bicyclic) bond motifs is 1. The fourth-order valence-electron chi connectivity index (χ4n) is 3.57. The number of amides is 3. The molecule has 1 aromatic rings. The molecular formula is C19H19N3O5. The fourth-order valence-corrected chi connectivity index (χ4v) is 3.57. The molecule has 3 amide bonds. The van der Waals surface area contributed by atoms with Gasteiger partial charge in [-0.05, 0) is 31.0 Å². The number of nitriles is 1. The number of rotatable bonds is 5. The summed E-state index contributed by atoms with van der Waals surface area (Å²) >= 11 is 0.